The Labute approximate surface area is 128 Å². The minimum Gasteiger partial charge on any atom is -0.496 e. The largest absolute Gasteiger partial charge is 0.496 e. The standard InChI is InChI=1S/C16H19BrN2O/c1-3-11-4-6-12(7-5-11)16(19-18)14-9-8-13(17)10-15(14)20-2/h4-10,16,19H,3,18H2,1-2H3. The molecular formula is C16H19BrN2O. The molecule has 3 N–H and O–H groups in total. The Morgan fingerprint density at radius 1 is 1.20 bits per heavy atom. The molecule has 0 aliphatic rings. The van der Waals surface area contributed by atoms with Gasteiger partial charge in [0.1, 0.15) is 5.75 Å². The topological polar surface area (TPSA) is 47.3 Å². The summed E-state index contributed by atoms with van der Waals surface area (Å²) in [6.07, 6.45) is 1.03. The smallest absolute Gasteiger partial charge is 0.125 e. The van der Waals surface area contributed by atoms with Crippen LogP contribution in [0.1, 0.15) is 29.7 Å². The Morgan fingerprint density at radius 3 is 2.45 bits per heavy atom. The Bertz CT molecular complexity index is 569. The van der Waals surface area contributed by atoms with E-state index in [1.54, 1.807) is 7.11 Å². The summed E-state index contributed by atoms with van der Waals surface area (Å²) in [7, 11) is 1.67. The molecule has 2 rings (SSSR count). The van der Waals surface area contributed by atoms with Crippen molar-refractivity contribution >= 4 is 15.9 Å². The first-order valence-electron chi connectivity index (χ1n) is 6.58. The van der Waals surface area contributed by atoms with Gasteiger partial charge in [0.15, 0.2) is 0 Å². The molecule has 2 aromatic carbocycles. The highest BCUT2D eigenvalue weighted by molar-refractivity contribution is 9.10. The lowest BCUT2D eigenvalue weighted by Crippen LogP contribution is -2.29. The van der Waals surface area contributed by atoms with Gasteiger partial charge in [-0.05, 0) is 29.7 Å². The van der Waals surface area contributed by atoms with Gasteiger partial charge in [-0.15, -0.1) is 0 Å². The molecule has 1 atom stereocenters. The molecule has 106 valence electrons. The van der Waals surface area contributed by atoms with Crippen LogP contribution in [0.4, 0.5) is 0 Å². The number of hydrogen-bond donors (Lipinski definition) is 2. The van der Waals surface area contributed by atoms with Gasteiger partial charge in [0, 0.05) is 10.0 Å². The van der Waals surface area contributed by atoms with Crippen molar-refractivity contribution in [1.29, 1.82) is 0 Å². The second-order valence-corrected chi connectivity index (χ2v) is 5.50. The number of methoxy groups -OCH3 is 1. The van der Waals surface area contributed by atoms with Crippen molar-refractivity contribution in [2.75, 3.05) is 7.11 Å². The maximum Gasteiger partial charge on any atom is 0.125 e. The Balaban J connectivity index is 2.40. The van der Waals surface area contributed by atoms with Crippen LogP contribution in [-0.2, 0) is 6.42 Å². The van der Waals surface area contributed by atoms with E-state index in [2.05, 4.69) is 52.5 Å². The number of halogens is 1. The van der Waals surface area contributed by atoms with Crippen molar-refractivity contribution in [2.24, 2.45) is 5.84 Å². The zero-order valence-electron chi connectivity index (χ0n) is 11.7. The fourth-order valence-electron chi connectivity index (χ4n) is 2.23. The van der Waals surface area contributed by atoms with Crippen molar-refractivity contribution in [3.63, 3.8) is 0 Å². The van der Waals surface area contributed by atoms with Crippen molar-refractivity contribution in [2.45, 2.75) is 19.4 Å². The predicted molar refractivity (Wildman–Crippen MR) is 85.7 cm³/mol. The summed E-state index contributed by atoms with van der Waals surface area (Å²) >= 11 is 3.45. The maximum atomic E-state index is 5.75. The number of nitrogens with one attached hydrogen (secondary N) is 1. The molecule has 4 heteroatoms. The van der Waals surface area contributed by atoms with Gasteiger partial charge in [-0.2, -0.15) is 0 Å². The van der Waals surface area contributed by atoms with E-state index in [-0.39, 0.29) is 6.04 Å². The molecule has 0 bridgehead atoms. The molecule has 0 aliphatic heterocycles. The van der Waals surface area contributed by atoms with Gasteiger partial charge in [-0.25, -0.2) is 5.43 Å². The summed E-state index contributed by atoms with van der Waals surface area (Å²) in [5.41, 5.74) is 6.32. The first-order valence-corrected chi connectivity index (χ1v) is 7.37. The minimum atomic E-state index is -0.0936. The van der Waals surface area contributed by atoms with Crippen LogP contribution in [0.2, 0.25) is 0 Å². The molecule has 0 amide bonds. The molecule has 3 nitrogen and oxygen atoms in total. The molecule has 0 spiro atoms. The van der Waals surface area contributed by atoms with Crippen LogP contribution < -0.4 is 16.0 Å². The van der Waals surface area contributed by atoms with Gasteiger partial charge in [0.05, 0.1) is 13.2 Å². The number of rotatable bonds is 5. The lowest BCUT2D eigenvalue weighted by molar-refractivity contribution is 0.404. The summed E-state index contributed by atoms with van der Waals surface area (Å²) in [5, 5.41) is 0. The average Bonchev–Trinajstić information content (AvgIpc) is 2.50. The molecule has 2 aromatic rings. The van der Waals surface area contributed by atoms with E-state index in [1.807, 2.05) is 18.2 Å². The quantitative estimate of drug-likeness (QED) is 0.649. The molecule has 0 heterocycles. The number of hydrazine groups is 1. The molecular weight excluding hydrogens is 316 g/mol. The molecule has 0 aliphatic carbocycles. The van der Waals surface area contributed by atoms with E-state index >= 15 is 0 Å². The highest BCUT2D eigenvalue weighted by Gasteiger charge is 2.17. The summed E-state index contributed by atoms with van der Waals surface area (Å²) in [4.78, 5) is 0. The molecule has 0 saturated heterocycles. The van der Waals surface area contributed by atoms with Crippen molar-refractivity contribution in [3.8, 4) is 5.75 Å². The zero-order chi connectivity index (χ0) is 14.5. The number of ether oxygens (including phenoxy) is 1. The number of aryl methyl sites for hydroxylation is 1. The molecule has 0 aromatic heterocycles. The third kappa shape index (κ3) is 3.20. The monoisotopic (exact) mass is 334 g/mol. The van der Waals surface area contributed by atoms with Crippen molar-refractivity contribution < 1.29 is 4.74 Å². The van der Waals surface area contributed by atoms with Crippen molar-refractivity contribution in [3.05, 3.63) is 63.6 Å². The third-order valence-corrected chi connectivity index (χ3v) is 3.89. The van der Waals surface area contributed by atoms with Gasteiger partial charge in [-0.3, -0.25) is 5.84 Å². The molecule has 0 radical (unpaired) electrons. The SMILES string of the molecule is CCc1ccc(C(NN)c2ccc(Br)cc2OC)cc1. The van der Waals surface area contributed by atoms with E-state index in [9.17, 15) is 0 Å². The van der Waals surface area contributed by atoms with E-state index < -0.39 is 0 Å². The van der Waals surface area contributed by atoms with E-state index in [1.165, 1.54) is 5.56 Å². The summed E-state index contributed by atoms with van der Waals surface area (Å²) in [5.74, 6) is 6.56. The Hall–Kier alpha value is -1.36. The minimum absolute atomic E-state index is 0.0936. The molecule has 20 heavy (non-hydrogen) atoms. The van der Waals surface area contributed by atoms with E-state index in [0.717, 1.165) is 27.8 Å². The van der Waals surface area contributed by atoms with Crippen LogP contribution in [0.5, 0.6) is 5.75 Å². The van der Waals surface area contributed by atoms with Gasteiger partial charge in [-0.1, -0.05) is 53.2 Å². The fraction of sp³-hybridized carbons (Fsp3) is 0.250. The van der Waals surface area contributed by atoms with Gasteiger partial charge in [0.25, 0.3) is 0 Å². The highest BCUT2D eigenvalue weighted by Crippen LogP contribution is 2.32. The van der Waals surface area contributed by atoms with Gasteiger partial charge in [0.2, 0.25) is 0 Å². The highest BCUT2D eigenvalue weighted by atomic mass is 79.9. The number of benzene rings is 2. The maximum absolute atomic E-state index is 5.75. The van der Waals surface area contributed by atoms with Gasteiger partial charge >= 0.3 is 0 Å². The number of nitrogens with two attached hydrogens (primary N) is 1. The van der Waals surface area contributed by atoms with Crippen LogP contribution in [-0.4, -0.2) is 7.11 Å². The van der Waals surface area contributed by atoms with Crippen molar-refractivity contribution in [1.82, 2.24) is 5.43 Å². The second-order valence-electron chi connectivity index (χ2n) is 4.58. The third-order valence-electron chi connectivity index (χ3n) is 3.39. The van der Waals surface area contributed by atoms with E-state index in [0.29, 0.717) is 0 Å². The summed E-state index contributed by atoms with van der Waals surface area (Å²) in [6.45, 7) is 2.14. The lowest BCUT2D eigenvalue weighted by Gasteiger charge is -2.20. The fourth-order valence-corrected chi connectivity index (χ4v) is 2.57. The van der Waals surface area contributed by atoms with Crippen LogP contribution in [0, 0.1) is 0 Å². The molecule has 1 unspecified atom stereocenters. The first-order chi connectivity index (χ1) is 9.69. The summed E-state index contributed by atoms with van der Waals surface area (Å²) in [6, 6.07) is 14.3. The molecule has 0 saturated carbocycles. The average molecular weight is 335 g/mol. The zero-order valence-corrected chi connectivity index (χ0v) is 13.3. The molecule has 0 fully saturated rings. The first kappa shape index (κ1) is 15.0. The van der Waals surface area contributed by atoms with E-state index in [4.69, 9.17) is 10.6 Å². The second kappa shape index (κ2) is 6.88. The van der Waals surface area contributed by atoms with Crippen LogP contribution in [0.25, 0.3) is 0 Å². The van der Waals surface area contributed by atoms with Crippen LogP contribution in [0.3, 0.4) is 0 Å². The Morgan fingerprint density at radius 2 is 1.90 bits per heavy atom. The van der Waals surface area contributed by atoms with Crippen LogP contribution in [0.15, 0.2) is 46.9 Å². The predicted octanol–water partition coefficient (Wildman–Crippen LogP) is 3.57. The Kier molecular flexibility index (Phi) is 5.17. The van der Waals surface area contributed by atoms with Gasteiger partial charge < -0.3 is 4.74 Å². The number of hydrogen-bond acceptors (Lipinski definition) is 3. The van der Waals surface area contributed by atoms with Crippen LogP contribution >= 0.6 is 15.9 Å². The summed E-state index contributed by atoms with van der Waals surface area (Å²) < 4.78 is 6.43. The lowest BCUT2D eigenvalue weighted by atomic mass is 9.97. The normalized spacial score (nSPS) is 12.2.